The molecule has 1 saturated heterocycles. The van der Waals surface area contributed by atoms with Gasteiger partial charge in [-0.3, -0.25) is 15.0 Å². The van der Waals surface area contributed by atoms with E-state index >= 15 is 0 Å². The van der Waals surface area contributed by atoms with E-state index in [9.17, 15) is 14.4 Å². The molecule has 0 bridgehead atoms. The van der Waals surface area contributed by atoms with Gasteiger partial charge in [0.05, 0.1) is 13.3 Å². The number of amides is 4. The molecule has 1 aromatic heterocycles. The molecule has 8 heteroatoms. The number of carbonyl (C=O) groups excluding carboxylic acids is 3. The van der Waals surface area contributed by atoms with Crippen molar-refractivity contribution in [3.8, 4) is 0 Å². The summed E-state index contributed by atoms with van der Waals surface area (Å²) in [5.41, 5.74) is 1.61. The fourth-order valence-electron chi connectivity index (χ4n) is 3.53. The van der Waals surface area contributed by atoms with Crippen LogP contribution < -0.4 is 15.6 Å². The minimum Gasteiger partial charge on any atom is -0.463 e. The zero-order chi connectivity index (χ0) is 18.0. The third-order valence-corrected chi connectivity index (χ3v) is 5.04. The predicted molar refractivity (Wildman–Crippen MR) is 88.0 cm³/mol. The lowest BCUT2D eigenvalue weighted by Crippen LogP contribution is -3.09. The van der Waals surface area contributed by atoms with E-state index in [1.807, 2.05) is 13.1 Å². The van der Waals surface area contributed by atoms with Crippen molar-refractivity contribution in [2.45, 2.75) is 44.7 Å². The first-order valence-electron chi connectivity index (χ1n) is 8.69. The van der Waals surface area contributed by atoms with E-state index in [0.29, 0.717) is 25.3 Å². The molecule has 2 fully saturated rings. The fourth-order valence-corrected chi connectivity index (χ4v) is 3.53. The van der Waals surface area contributed by atoms with Gasteiger partial charge in [0.15, 0.2) is 12.3 Å². The number of quaternary nitrogens is 1. The average molecular weight is 349 g/mol. The molecule has 0 radical (unpaired) electrons. The van der Waals surface area contributed by atoms with Crippen LogP contribution in [0, 0.1) is 5.92 Å². The Labute approximate surface area is 146 Å². The summed E-state index contributed by atoms with van der Waals surface area (Å²) in [6.45, 7) is 2.81. The van der Waals surface area contributed by atoms with Gasteiger partial charge in [-0.25, -0.2) is 4.79 Å². The third kappa shape index (κ3) is 3.68. The Bertz CT molecular complexity index is 650. The van der Waals surface area contributed by atoms with Gasteiger partial charge in [-0.2, -0.15) is 5.01 Å². The lowest BCUT2D eigenvalue weighted by atomic mass is 9.77. The number of nitrogens with one attached hydrogen (secondary N) is 3. The van der Waals surface area contributed by atoms with E-state index in [0.717, 1.165) is 28.5 Å². The molecule has 1 aromatic rings. The first-order valence-corrected chi connectivity index (χ1v) is 8.69. The number of urea groups is 1. The highest BCUT2D eigenvalue weighted by atomic mass is 16.3. The molecule has 1 aliphatic heterocycles. The zero-order valence-corrected chi connectivity index (χ0v) is 14.6. The van der Waals surface area contributed by atoms with Gasteiger partial charge in [0.2, 0.25) is 0 Å². The Hall–Kier alpha value is -2.35. The lowest BCUT2D eigenvalue weighted by molar-refractivity contribution is -0.886. The van der Waals surface area contributed by atoms with Gasteiger partial charge >= 0.3 is 6.03 Å². The van der Waals surface area contributed by atoms with Crippen LogP contribution in [0.1, 0.15) is 38.4 Å². The van der Waals surface area contributed by atoms with Gasteiger partial charge in [0, 0.05) is 0 Å². The van der Waals surface area contributed by atoms with Crippen molar-refractivity contribution in [3.63, 3.8) is 0 Å². The number of likely N-dealkylation sites (N-methyl/N-ethyl adjacent to an activating group) is 1. The Morgan fingerprint density at radius 1 is 1.44 bits per heavy atom. The van der Waals surface area contributed by atoms with Crippen molar-refractivity contribution in [2.24, 2.45) is 5.92 Å². The molecule has 1 spiro atoms. The molecule has 2 heterocycles. The lowest BCUT2D eigenvalue weighted by Gasteiger charge is -2.33. The number of imide groups is 1. The van der Waals surface area contributed by atoms with Crippen molar-refractivity contribution < 1.29 is 23.7 Å². The normalized spacial score (nSPS) is 27.4. The van der Waals surface area contributed by atoms with Gasteiger partial charge in [0.25, 0.3) is 11.8 Å². The Morgan fingerprint density at radius 3 is 2.80 bits per heavy atom. The minimum atomic E-state index is -0.843. The van der Waals surface area contributed by atoms with E-state index in [1.54, 1.807) is 12.3 Å². The van der Waals surface area contributed by atoms with Crippen LogP contribution in [0.5, 0.6) is 0 Å². The molecule has 1 aliphatic carbocycles. The maximum atomic E-state index is 12.7. The number of hydrogen-bond acceptors (Lipinski definition) is 4. The van der Waals surface area contributed by atoms with Gasteiger partial charge in [0.1, 0.15) is 12.1 Å². The van der Waals surface area contributed by atoms with Gasteiger partial charge in [-0.05, 0) is 43.7 Å². The molecule has 4 amide bonds. The summed E-state index contributed by atoms with van der Waals surface area (Å²) in [6, 6.07) is 3.09. The summed E-state index contributed by atoms with van der Waals surface area (Å²) in [5.74, 6) is 0.601. The predicted octanol–water partition coefficient (Wildman–Crippen LogP) is -0.174. The Kier molecular flexibility index (Phi) is 4.80. The van der Waals surface area contributed by atoms with Crippen LogP contribution in [0.25, 0.3) is 0 Å². The molecule has 3 N–H and O–H groups in total. The van der Waals surface area contributed by atoms with Crippen LogP contribution in [0.2, 0.25) is 0 Å². The highest BCUT2D eigenvalue weighted by molar-refractivity contribution is 6.08. The fraction of sp³-hybridized carbons (Fsp3) is 0.588. The highest BCUT2D eigenvalue weighted by Crippen LogP contribution is 2.35. The summed E-state index contributed by atoms with van der Waals surface area (Å²) in [6.07, 6.45) is 4.61. The van der Waals surface area contributed by atoms with Crippen molar-refractivity contribution in [2.75, 3.05) is 13.6 Å². The van der Waals surface area contributed by atoms with E-state index < -0.39 is 11.6 Å². The monoisotopic (exact) mass is 349 g/mol. The van der Waals surface area contributed by atoms with Crippen LogP contribution in [0.15, 0.2) is 22.8 Å². The maximum Gasteiger partial charge on any atom is 0.344 e. The number of hydrazine groups is 1. The Morgan fingerprint density at radius 2 is 2.16 bits per heavy atom. The number of rotatable bonds is 5. The molecule has 1 saturated carbocycles. The molecule has 1 unspecified atom stereocenters. The van der Waals surface area contributed by atoms with Crippen LogP contribution in [0.4, 0.5) is 4.79 Å². The molecule has 25 heavy (non-hydrogen) atoms. The van der Waals surface area contributed by atoms with Crippen LogP contribution in [-0.2, 0) is 16.1 Å². The maximum absolute atomic E-state index is 12.7. The molecular weight excluding hydrogens is 324 g/mol. The minimum absolute atomic E-state index is 0.127. The van der Waals surface area contributed by atoms with Gasteiger partial charge in [-0.15, -0.1) is 0 Å². The molecule has 1 atom stereocenters. The third-order valence-electron chi connectivity index (χ3n) is 5.04. The van der Waals surface area contributed by atoms with E-state index in [4.69, 9.17) is 4.42 Å². The summed E-state index contributed by atoms with van der Waals surface area (Å²) >= 11 is 0. The second kappa shape index (κ2) is 6.87. The van der Waals surface area contributed by atoms with Crippen LogP contribution >= 0.6 is 0 Å². The molecule has 0 aromatic carbocycles. The number of furan rings is 1. The summed E-state index contributed by atoms with van der Waals surface area (Å²) in [7, 11) is 1.85. The van der Waals surface area contributed by atoms with Crippen molar-refractivity contribution >= 4 is 17.8 Å². The highest BCUT2D eigenvalue weighted by Gasteiger charge is 2.52. The first kappa shape index (κ1) is 17.5. The molecule has 3 rings (SSSR count). The molecular formula is C17H25N4O4+. The summed E-state index contributed by atoms with van der Waals surface area (Å²) in [5, 5.41) is 3.63. The first-order chi connectivity index (χ1) is 11.9. The number of hydrogen-bond donors (Lipinski definition) is 3. The SMILES string of the molecule is CC1CCC2(CC1)NC(=O)N(NC(=O)C[NH+](C)Cc1ccco1)C2=O. The topological polar surface area (TPSA) is 96.1 Å². The Balaban J connectivity index is 1.56. The van der Waals surface area contributed by atoms with E-state index in [1.165, 1.54) is 0 Å². The van der Waals surface area contributed by atoms with Gasteiger partial charge in [-0.1, -0.05) is 6.92 Å². The van der Waals surface area contributed by atoms with Gasteiger partial charge < -0.3 is 14.6 Å². The zero-order valence-electron chi connectivity index (χ0n) is 14.6. The quantitative estimate of drug-likeness (QED) is 0.643. The summed E-state index contributed by atoms with van der Waals surface area (Å²) in [4.78, 5) is 38.0. The van der Waals surface area contributed by atoms with E-state index in [-0.39, 0.29) is 18.4 Å². The molecule has 8 nitrogen and oxygen atoms in total. The number of carbonyl (C=O) groups is 3. The van der Waals surface area contributed by atoms with Crippen molar-refractivity contribution in [1.82, 2.24) is 15.8 Å². The van der Waals surface area contributed by atoms with Crippen LogP contribution in [0.3, 0.4) is 0 Å². The van der Waals surface area contributed by atoms with E-state index in [2.05, 4.69) is 17.7 Å². The van der Waals surface area contributed by atoms with Crippen LogP contribution in [-0.4, -0.2) is 42.0 Å². The second-order valence-corrected chi connectivity index (χ2v) is 7.26. The molecule has 136 valence electrons. The standard InChI is InChI=1S/C17H24N4O4/c1-12-5-7-17(8-6-12)15(23)21(16(24)18-17)19-14(22)11-20(2)10-13-4-3-9-25-13/h3-4,9,12H,5-8,10-11H2,1-2H3,(H,18,24)(H,19,22)/p+1. The summed E-state index contributed by atoms with van der Waals surface area (Å²) < 4.78 is 5.26. The van der Waals surface area contributed by atoms with Crippen molar-refractivity contribution in [3.05, 3.63) is 24.2 Å². The smallest absolute Gasteiger partial charge is 0.344 e. The largest absolute Gasteiger partial charge is 0.463 e. The average Bonchev–Trinajstić information content (AvgIpc) is 3.13. The molecule has 2 aliphatic rings. The number of nitrogens with zero attached hydrogens (tertiary/aromatic N) is 1. The van der Waals surface area contributed by atoms with Crippen molar-refractivity contribution in [1.29, 1.82) is 0 Å². The second-order valence-electron chi connectivity index (χ2n) is 7.26.